The van der Waals surface area contributed by atoms with Gasteiger partial charge in [-0.15, -0.1) is 0 Å². The van der Waals surface area contributed by atoms with E-state index in [1.807, 2.05) is 36.1 Å². The van der Waals surface area contributed by atoms with Crippen LogP contribution < -0.4 is 10.9 Å². The molecule has 1 spiro atoms. The fourth-order valence-electron chi connectivity index (χ4n) is 4.43. The number of fused-ring (bicyclic) bond motifs is 1. The van der Waals surface area contributed by atoms with Gasteiger partial charge in [0.2, 0.25) is 5.91 Å². The number of para-hydroxylation sites is 1. The van der Waals surface area contributed by atoms with Gasteiger partial charge in [0.1, 0.15) is 6.54 Å². The van der Waals surface area contributed by atoms with Gasteiger partial charge in [0.25, 0.3) is 5.56 Å². The predicted molar refractivity (Wildman–Crippen MR) is 98.7 cm³/mol. The van der Waals surface area contributed by atoms with E-state index in [0.29, 0.717) is 0 Å². The Hall–Kier alpha value is -2.14. The number of likely N-dealkylation sites (tertiary alicyclic amines) is 1. The lowest BCUT2D eigenvalue weighted by Gasteiger charge is -2.33. The number of aryl methyl sites for hydroxylation is 1. The largest absolute Gasteiger partial charge is 0.341 e. The molecular formula is C20H25N3O2. The minimum atomic E-state index is -0.0993. The summed E-state index contributed by atoms with van der Waals surface area (Å²) < 4.78 is 1.62. The zero-order chi connectivity index (χ0) is 17.4. The highest BCUT2D eigenvalue weighted by atomic mass is 16.2. The molecule has 1 aromatic heterocycles. The van der Waals surface area contributed by atoms with E-state index in [2.05, 4.69) is 5.32 Å². The van der Waals surface area contributed by atoms with Gasteiger partial charge in [-0.05, 0) is 44.4 Å². The average Bonchev–Trinajstić information content (AvgIpc) is 3.02. The summed E-state index contributed by atoms with van der Waals surface area (Å²) in [4.78, 5) is 27.3. The van der Waals surface area contributed by atoms with Crippen LogP contribution in [0.25, 0.3) is 10.9 Å². The summed E-state index contributed by atoms with van der Waals surface area (Å²) in [6, 6.07) is 9.44. The van der Waals surface area contributed by atoms with Gasteiger partial charge in [-0.2, -0.15) is 0 Å². The van der Waals surface area contributed by atoms with E-state index in [-0.39, 0.29) is 23.4 Å². The Labute approximate surface area is 147 Å². The number of benzene rings is 1. The number of carbonyl (C=O) groups is 1. The quantitative estimate of drug-likeness (QED) is 0.909. The molecule has 25 heavy (non-hydrogen) atoms. The van der Waals surface area contributed by atoms with Gasteiger partial charge in [0.05, 0.1) is 5.52 Å². The molecule has 1 aromatic carbocycles. The number of hydrogen-bond donors (Lipinski definition) is 1. The number of nitrogens with zero attached hydrogens (tertiary/aromatic N) is 2. The van der Waals surface area contributed by atoms with Crippen LogP contribution in [0.15, 0.2) is 35.1 Å². The molecule has 132 valence electrons. The van der Waals surface area contributed by atoms with Gasteiger partial charge in [-0.1, -0.05) is 18.2 Å². The second kappa shape index (κ2) is 6.30. The van der Waals surface area contributed by atoms with Crippen LogP contribution in [0.3, 0.4) is 0 Å². The zero-order valence-electron chi connectivity index (χ0n) is 14.8. The van der Waals surface area contributed by atoms with Crippen LogP contribution >= 0.6 is 0 Å². The molecule has 1 amide bonds. The fourth-order valence-corrected chi connectivity index (χ4v) is 4.43. The number of nitrogens with one attached hydrogen (secondary N) is 1. The van der Waals surface area contributed by atoms with E-state index in [4.69, 9.17) is 0 Å². The number of aromatic nitrogens is 1. The lowest BCUT2D eigenvalue weighted by molar-refractivity contribution is -0.131. The number of carbonyl (C=O) groups excluding carboxylic acids is 1. The standard InChI is InChI=1S/C20H25N3O2/c1-15-11-18(24)23(17-6-3-2-5-16(15)17)12-19(25)22-10-8-20(14-22)7-4-9-21-13-20/h2-3,5-6,11,21H,4,7-10,12-14H2,1H3/t20-/m0/s1. The molecule has 1 atom stereocenters. The van der Waals surface area contributed by atoms with Gasteiger partial charge in [-0.3, -0.25) is 14.2 Å². The number of amides is 1. The topological polar surface area (TPSA) is 54.3 Å². The van der Waals surface area contributed by atoms with Crippen molar-refractivity contribution in [2.24, 2.45) is 5.41 Å². The van der Waals surface area contributed by atoms with E-state index in [1.165, 1.54) is 12.8 Å². The molecule has 2 aliphatic heterocycles. The maximum atomic E-state index is 12.9. The van der Waals surface area contributed by atoms with Crippen LogP contribution in [0.4, 0.5) is 0 Å². The van der Waals surface area contributed by atoms with Crippen molar-refractivity contribution in [2.45, 2.75) is 32.7 Å². The first-order valence-corrected chi connectivity index (χ1v) is 9.16. The van der Waals surface area contributed by atoms with E-state index >= 15 is 0 Å². The van der Waals surface area contributed by atoms with Crippen LogP contribution in [0.2, 0.25) is 0 Å². The summed E-state index contributed by atoms with van der Waals surface area (Å²) in [7, 11) is 0. The van der Waals surface area contributed by atoms with Crippen molar-refractivity contribution in [3.63, 3.8) is 0 Å². The Morgan fingerprint density at radius 3 is 2.92 bits per heavy atom. The van der Waals surface area contributed by atoms with Crippen LogP contribution in [-0.4, -0.2) is 41.6 Å². The normalized spacial score (nSPS) is 23.5. The Morgan fingerprint density at radius 1 is 1.28 bits per heavy atom. The van der Waals surface area contributed by atoms with Gasteiger partial charge in [0, 0.05) is 36.5 Å². The second-order valence-electron chi connectivity index (χ2n) is 7.61. The number of pyridine rings is 1. The molecule has 2 aromatic rings. The van der Waals surface area contributed by atoms with Gasteiger partial charge < -0.3 is 10.2 Å². The summed E-state index contributed by atoms with van der Waals surface area (Å²) in [5, 5.41) is 4.50. The van der Waals surface area contributed by atoms with Crippen LogP contribution in [0, 0.1) is 12.3 Å². The Bertz CT molecular complexity index is 865. The first kappa shape index (κ1) is 16.3. The Morgan fingerprint density at radius 2 is 2.12 bits per heavy atom. The molecule has 0 unspecified atom stereocenters. The summed E-state index contributed by atoms with van der Waals surface area (Å²) in [5.41, 5.74) is 1.94. The van der Waals surface area contributed by atoms with Crippen molar-refractivity contribution < 1.29 is 4.79 Å². The molecule has 2 fully saturated rings. The highest BCUT2D eigenvalue weighted by Gasteiger charge is 2.40. The van der Waals surface area contributed by atoms with Crippen molar-refractivity contribution >= 4 is 16.8 Å². The van der Waals surface area contributed by atoms with Crippen molar-refractivity contribution in [1.29, 1.82) is 0 Å². The van der Waals surface area contributed by atoms with Gasteiger partial charge in [0.15, 0.2) is 0 Å². The summed E-state index contributed by atoms with van der Waals surface area (Å²) in [6.45, 7) is 5.78. The minimum Gasteiger partial charge on any atom is -0.341 e. The molecule has 5 nitrogen and oxygen atoms in total. The summed E-state index contributed by atoms with van der Waals surface area (Å²) in [5.74, 6) is 0.0542. The highest BCUT2D eigenvalue weighted by molar-refractivity contribution is 5.84. The van der Waals surface area contributed by atoms with Crippen LogP contribution in [-0.2, 0) is 11.3 Å². The number of hydrogen-bond acceptors (Lipinski definition) is 3. The third-order valence-corrected chi connectivity index (χ3v) is 5.87. The molecule has 0 saturated carbocycles. The molecular weight excluding hydrogens is 314 g/mol. The van der Waals surface area contributed by atoms with Gasteiger partial charge >= 0.3 is 0 Å². The monoisotopic (exact) mass is 339 g/mol. The molecule has 2 aliphatic rings. The fraction of sp³-hybridized carbons (Fsp3) is 0.500. The smallest absolute Gasteiger partial charge is 0.251 e. The molecule has 5 heteroatoms. The Balaban J connectivity index is 1.58. The maximum Gasteiger partial charge on any atom is 0.251 e. The van der Waals surface area contributed by atoms with Crippen molar-refractivity contribution in [3.8, 4) is 0 Å². The molecule has 2 saturated heterocycles. The SMILES string of the molecule is Cc1cc(=O)n(CC(=O)N2CC[C@]3(CCCNC3)C2)c2ccccc12. The third-order valence-electron chi connectivity index (χ3n) is 5.87. The first-order valence-electron chi connectivity index (χ1n) is 9.16. The maximum absolute atomic E-state index is 12.9. The molecule has 4 rings (SSSR count). The predicted octanol–water partition coefficient (Wildman–Crippen LogP) is 1.91. The van der Waals surface area contributed by atoms with Crippen molar-refractivity contribution in [2.75, 3.05) is 26.2 Å². The lowest BCUT2D eigenvalue weighted by Crippen LogP contribution is -2.43. The van der Waals surface area contributed by atoms with E-state index in [0.717, 1.165) is 49.1 Å². The molecule has 0 aliphatic carbocycles. The van der Waals surface area contributed by atoms with Crippen molar-refractivity contribution in [3.05, 3.63) is 46.2 Å². The van der Waals surface area contributed by atoms with E-state index in [9.17, 15) is 9.59 Å². The number of rotatable bonds is 2. The molecule has 1 N–H and O–H groups in total. The van der Waals surface area contributed by atoms with E-state index in [1.54, 1.807) is 10.6 Å². The number of piperidine rings is 1. The van der Waals surface area contributed by atoms with Crippen molar-refractivity contribution in [1.82, 2.24) is 14.8 Å². The van der Waals surface area contributed by atoms with E-state index < -0.39 is 0 Å². The van der Waals surface area contributed by atoms with Crippen LogP contribution in [0.1, 0.15) is 24.8 Å². The summed E-state index contributed by atoms with van der Waals surface area (Å²) >= 11 is 0. The third kappa shape index (κ3) is 2.97. The highest BCUT2D eigenvalue weighted by Crippen LogP contribution is 2.36. The Kier molecular flexibility index (Phi) is 4.12. The molecule has 0 radical (unpaired) electrons. The first-order chi connectivity index (χ1) is 12.1. The molecule has 3 heterocycles. The van der Waals surface area contributed by atoms with Gasteiger partial charge in [-0.25, -0.2) is 0 Å². The second-order valence-corrected chi connectivity index (χ2v) is 7.61. The minimum absolute atomic E-state index is 0.0542. The van der Waals surface area contributed by atoms with Crippen LogP contribution in [0.5, 0.6) is 0 Å². The average molecular weight is 339 g/mol. The summed E-state index contributed by atoms with van der Waals surface area (Å²) in [6.07, 6.45) is 3.44. The zero-order valence-corrected chi connectivity index (χ0v) is 14.8. The lowest BCUT2D eigenvalue weighted by atomic mass is 9.80. The molecule has 0 bridgehead atoms.